The Morgan fingerprint density at radius 3 is 0.700 bits per heavy atom. The van der Waals surface area contributed by atoms with Gasteiger partial charge in [0.25, 0.3) is 0 Å². The van der Waals surface area contributed by atoms with Crippen molar-refractivity contribution in [2.24, 2.45) is 0 Å². The van der Waals surface area contributed by atoms with Crippen molar-refractivity contribution >= 4 is 87.2 Å². The Morgan fingerprint density at radius 1 is 0.110 bits per heavy atom. The van der Waals surface area contributed by atoms with Crippen LogP contribution in [0.2, 0.25) is 0 Å². The third-order valence-corrected chi connectivity index (χ3v) is 20.2. The van der Waals surface area contributed by atoms with E-state index in [4.69, 9.17) is 0 Å². The van der Waals surface area contributed by atoms with Crippen molar-refractivity contribution in [2.75, 3.05) is 0 Å². The summed E-state index contributed by atoms with van der Waals surface area (Å²) in [5.74, 6) is 0. The summed E-state index contributed by atoms with van der Waals surface area (Å²) in [4.78, 5) is 0. The molecule has 0 amide bonds. The monoisotopic (exact) mass is 1270 g/mol. The highest BCUT2D eigenvalue weighted by molar-refractivity contribution is 6.14. The van der Waals surface area contributed by atoms with Crippen LogP contribution in [0.4, 0.5) is 0 Å². The summed E-state index contributed by atoms with van der Waals surface area (Å²) >= 11 is 0. The molecule has 4 aromatic heterocycles. The van der Waals surface area contributed by atoms with E-state index in [0.717, 1.165) is 11.4 Å². The number of fused-ring (bicyclic) bond motifs is 12. The summed E-state index contributed by atoms with van der Waals surface area (Å²) < 4.78 is 9.52. The van der Waals surface area contributed by atoms with Crippen molar-refractivity contribution in [3.8, 4) is 89.5 Å². The van der Waals surface area contributed by atoms with Crippen molar-refractivity contribution in [2.45, 2.75) is 0 Å². The molecule has 4 heteroatoms. The zero-order valence-electron chi connectivity index (χ0n) is 54.7. The second kappa shape index (κ2) is 24.4. The first kappa shape index (κ1) is 58.1. The van der Waals surface area contributed by atoms with Gasteiger partial charge in [-0.3, -0.25) is 0 Å². The molecule has 0 saturated heterocycles. The fourth-order valence-electron chi connectivity index (χ4n) is 15.5. The summed E-state index contributed by atoms with van der Waals surface area (Å²) in [5, 5.41) is 10.1. The molecule has 0 radical (unpaired) electrons. The van der Waals surface area contributed by atoms with Gasteiger partial charge in [-0.1, -0.05) is 261 Å². The lowest BCUT2D eigenvalue weighted by atomic mass is 9.97. The Labute approximate surface area is 579 Å². The maximum atomic E-state index is 2.40. The molecule has 0 spiro atoms. The molecule has 0 N–H and O–H groups in total. The largest absolute Gasteiger partial charge is 0.309 e. The second-order valence-electron chi connectivity index (χ2n) is 26.0. The highest BCUT2D eigenvalue weighted by Crippen LogP contribution is 2.42. The van der Waals surface area contributed by atoms with Crippen LogP contribution in [0.3, 0.4) is 0 Å². The van der Waals surface area contributed by atoms with Gasteiger partial charge in [-0.15, -0.1) is 0 Å². The average molecular weight is 1270 g/mol. The van der Waals surface area contributed by atoms with Gasteiger partial charge in [0.2, 0.25) is 0 Å². The van der Waals surface area contributed by atoms with E-state index in [1.165, 1.54) is 165 Å². The van der Waals surface area contributed by atoms with Crippen LogP contribution in [0.25, 0.3) is 177 Å². The molecule has 0 bridgehead atoms. The van der Waals surface area contributed by atoms with Crippen molar-refractivity contribution in [3.05, 3.63) is 388 Å². The number of hydrogen-bond acceptors (Lipinski definition) is 0. The van der Waals surface area contributed by atoms with E-state index in [-0.39, 0.29) is 0 Å². The van der Waals surface area contributed by atoms with Gasteiger partial charge in [0, 0.05) is 65.8 Å². The van der Waals surface area contributed by atoms with Crippen LogP contribution < -0.4 is 0 Å². The number of hydrogen-bond donors (Lipinski definition) is 0. The van der Waals surface area contributed by atoms with Crippen molar-refractivity contribution in [1.29, 1.82) is 0 Å². The van der Waals surface area contributed by atoms with Crippen molar-refractivity contribution < 1.29 is 0 Å². The van der Waals surface area contributed by atoms with E-state index in [1.807, 2.05) is 0 Å². The molecule has 0 aliphatic carbocycles. The summed E-state index contributed by atoms with van der Waals surface area (Å²) in [5.41, 5.74) is 29.0. The van der Waals surface area contributed by atoms with Gasteiger partial charge >= 0.3 is 0 Å². The number of nitrogens with zero attached hydrogens (tertiary/aromatic N) is 4. The van der Waals surface area contributed by atoms with Crippen LogP contribution >= 0.6 is 0 Å². The highest BCUT2D eigenvalue weighted by atomic mass is 15.0. The van der Waals surface area contributed by atoms with E-state index in [1.54, 1.807) is 0 Å². The Kier molecular flexibility index (Phi) is 14.2. The van der Waals surface area contributed by atoms with Crippen LogP contribution in [0.5, 0.6) is 0 Å². The smallest absolute Gasteiger partial charge is 0.0541 e. The summed E-state index contributed by atoms with van der Waals surface area (Å²) in [6.45, 7) is 0. The minimum absolute atomic E-state index is 1.16. The fraction of sp³-hybridized carbons (Fsp3) is 0. The molecule has 0 saturated carbocycles. The molecule has 0 fully saturated rings. The highest BCUT2D eigenvalue weighted by Gasteiger charge is 2.19. The Balaban J connectivity index is 0.000000143. The van der Waals surface area contributed by atoms with Crippen LogP contribution in [0, 0.1) is 0 Å². The van der Waals surface area contributed by atoms with E-state index in [0.29, 0.717) is 0 Å². The standard InChI is InChI=1S/C54H36N2.C42H28N2/c1-3-12-37(13-4-1)39-26-30-45(31-27-39)55-51-20-9-7-18-47(51)49-35-43(28-32-53(49)55)40-22-24-41(25-23-40)44-29-33-54-50(36-44)48-19-8-10-21-52(48)56(54)46-17-11-16-42(34-46)38-14-5-2-6-15-38;1-3-14-33(15-4-1)43-39-20-9-7-18-35(39)37-27-31(22-24-41(37)43)29-12-11-13-30(26-29)32-23-25-42-38(28-32)36-19-8-10-21-40(36)44(42)34-16-5-2-6-17-34/h1-36H;1-28H. The van der Waals surface area contributed by atoms with Crippen LogP contribution in [0.15, 0.2) is 388 Å². The minimum atomic E-state index is 1.16. The van der Waals surface area contributed by atoms with E-state index < -0.39 is 0 Å². The molecular formula is C96H64N4. The Hall–Kier alpha value is -13.3. The lowest BCUT2D eigenvalue weighted by molar-refractivity contribution is 1.18. The van der Waals surface area contributed by atoms with Gasteiger partial charge in [-0.2, -0.15) is 0 Å². The van der Waals surface area contributed by atoms with Gasteiger partial charge < -0.3 is 18.3 Å². The average Bonchev–Trinajstić information content (AvgIpc) is 1.62. The van der Waals surface area contributed by atoms with Gasteiger partial charge in [0.1, 0.15) is 0 Å². The van der Waals surface area contributed by atoms with E-state index in [9.17, 15) is 0 Å². The molecule has 4 nitrogen and oxygen atoms in total. The first-order valence-corrected chi connectivity index (χ1v) is 34.4. The third-order valence-electron chi connectivity index (χ3n) is 20.2. The van der Waals surface area contributed by atoms with E-state index in [2.05, 4.69) is 407 Å². The molecule has 0 aliphatic heterocycles. The molecule has 468 valence electrons. The lowest BCUT2D eigenvalue weighted by Crippen LogP contribution is -1.94. The number of para-hydroxylation sites is 6. The topological polar surface area (TPSA) is 19.7 Å². The molecule has 20 rings (SSSR count). The van der Waals surface area contributed by atoms with Gasteiger partial charge in [0.05, 0.1) is 44.1 Å². The predicted octanol–water partition coefficient (Wildman–Crippen LogP) is 25.8. The first-order valence-electron chi connectivity index (χ1n) is 34.4. The van der Waals surface area contributed by atoms with Gasteiger partial charge in [-0.05, 0) is 194 Å². The Bertz CT molecular complexity index is 6300. The predicted molar refractivity (Wildman–Crippen MR) is 423 cm³/mol. The Morgan fingerprint density at radius 2 is 0.320 bits per heavy atom. The van der Waals surface area contributed by atoms with Crippen molar-refractivity contribution in [3.63, 3.8) is 0 Å². The molecule has 100 heavy (non-hydrogen) atoms. The molecule has 0 unspecified atom stereocenters. The summed E-state index contributed by atoms with van der Waals surface area (Å²) in [6.07, 6.45) is 0. The number of aromatic nitrogens is 4. The second-order valence-corrected chi connectivity index (χ2v) is 26.0. The quantitative estimate of drug-likeness (QED) is 0.130. The zero-order chi connectivity index (χ0) is 66.0. The molecule has 0 atom stereocenters. The maximum Gasteiger partial charge on any atom is 0.0541 e. The van der Waals surface area contributed by atoms with Crippen LogP contribution in [0.1, 0.15) is 0 Å². The summed E-state index contributed by atoms with van der Waals surface area (Å²) in [6, 6.07) is 141. The molecule has 20 aromatic rings. The third kappa shape index (κ3) is 10.1. The fourth-order valence-corrected chi connectivity index (χ4v) is 15.5. The normalized spacial score (nSPS) is 11.6. The number of benzene rings is 16. The molecule has 0 aliphatic rings. The van der Waals surface area contributed by atoms with Gasteiger partial charge in [-0.25, -0.2) is 0 Å². The van der Waals surface area contributed by atoms with Crippen LogP contribution in [-0.4, -0.2) is 18.3 Å². The SMILES string of the molecule is c1ccc(-c2ccc(-n3c4ccccc4c4cc(-c5ccc(-c6ccc7c(c6)c6ccccc6n7-c6cccc(-c7ccccc7)c6)cc5)ccc43)cc2)cc1.c1ccc(-n2c3ccccc3c3cc(-c4cccc(-c5ccc6c(c5)c5ccccc5n6-c5ccccc5)c4)ccc32)cc1. The molecule has 16 aromatic carbocycles. The zero-order valence-corrected chi connectivity index (χ0v) is 54.7. The molecule has 4 heterocycles. The summed E-state index contributed by atoms with van der Waals surface area (Å²) in [7, 11) is 0. The lowest BCUT2D eigenvalue weighted by Gasteiger charge is -2.11. The maximum absolute atomic E-state index is 2.40. The van der Waals surface area contributed by atoms with E-state index >= 15 is 0 Å². The van der Waals surface area contributed by atoms with Crippen molar-refractivity contribution in [1.82, 2.24) is 18.3 Å². The molecular weight excluding hydrogens is 1210 g/mol. The minimum Gasteiger partial charge on any atom is -0.309 e. The van der Waals surface area contributed by atoms with Gasteiger partial charge in [0.15, 0.2) is 0 Å². The first-order chi connectivity index (χ1) is 49.6. The van der Waals surface area contributed by atoms with Crippen LogP contribution in [-0.2, 0) is 0 Å². The number of rotatable bonds is 10.